The van der Waals surface area contributed by atoms with Gasteiger partial charge in [0.25, 0.3) is 5.91 Å². The summed E-state index contributed by atoms with van der Waals surface area (Å²) in [6, 6.07) is 19.7. The van der Waals surface area contributed by atoms with Crippen LogP contribution in [-0.2, 0) is 6.61 Å². The van der Waals surface area contributed by atoms with Gasteiger partial charge in [-0.2, -0.15) is 5.10 Å². The molecule has 8 heteroatoms. The zero-order valence-electron chi connectivity index (χ0n) is 18.2. The summed E-state index contributed by atoms with van der Waals surface area (Å²) in [6.45, 7) is 1.65. The van der Waals surface area contributed by atoms with Crippen molar-refractivity contribution in [1.29, 1.82) is 0 Å². The van der Waals surface area contributed by atoms with E-state index in [1.54, 1.807) is 17.1 Å². The van der Waals surface area contributed by atoms with Gasteiger partial charge in [-0.05, 0) is 55.0 Å². The van der Waals surface area contributed by atoms with E-state index in [0.717, 1.165) is 38.0 Å². The van der Waals surface area contributed by atoms with E-state index in [1.807, 2.05) is 35.2 Å². The van der Waals surface area contributed by atoms with Crippen LogP contribution in [0.4, 0.5) is 0 Å². The summed E-state index contributed by atoms with van der Waals surface area (Å²) in [6.07, 6.45) is 6.13. The lowest BCUT2D eigenvalue weighted by molar-refractivity contribution is 0.0750. The van der Waals surface area contributed by atoms with E-state index in [0.29, 0.717) is 23.1 Å². The Balaban J connectivity index is 1.16. The second-order valence-electron chi connectivity index (χ2n) is 8.13. The van der Waals surface area contributed by atoms with Crippen LogP contribution in [0.1, 0.15) is 47.0 Å². The van der Waals surface area contributed by atoms with Crippen molar-refractivity contribution in [2.45, 2.75) is 31.8 Å². The van der Waals surface area contributed by atoms with Gasteiger partial charge in [-0.1, -0.05) is 35.5 Å². The third kappa shape index (κ3) is 4.95. The van der Waals surface area contributed by atoms with E-state index >= 15 is 0 Å². The smallest absolute Gasteiger partial charge is 0.276 e. The van der Waals surface area contributed by atoms with Crippen molar-refractivity contribution in [3.8, 4) is 11.4 Å². The third-order valence-corrected chi connectivity index (χ3v) is 5.97. The first-order valence-electron chi connectivity index (χ1n) is 11.1. The molecule has 0 bridgehead atoms. The van der Waals surface area contributed by atoms with E-state index in [-0.39, 0.29) is 12.5 Å². The SMILES string of the molecule is O=C(c1cc(COc2ccc(-n3cncn3)cc2)on1)N1CCC[C@@H](c2ccccc2)CC1. The lowest BCUT2D eigenvalue weighted by Crippen LogP contribution is -2.32. The first-order chi connectivity index (χ1) is 16.3. The predicted octanol–water partition coefficient (Wildman–Crippen LogP) is 4.24. The summed E-state index contributed by atoms with van der Waals surface area (Å²) in [5.74, 6) is 1.59. The quantitative estimate of drug-likeness (QED) is 0.443. The Bertz CT molecular complexity index is 1170. The summed E-state index contributed by atoms with van der Waals surface area (Å²) in [5.41, 5.74) is 2.56. The summed E-state index contributed by atoms with van der Waals surface area (Å²) in [5, 5.41) is 8.09. The second-order valence-corrected chi connectivity index (χ2v) is 8.13. The Kier molecular flexibility index (Phi) is 6.14. The van der Waals surface area contributed by atoms with E-state index < -0.39 is 0 Å². The molecule has 3 heterocycles. The van der Waals surface area contributed by atoms with Crippen LogP contribution in [0, 0.1) is 0 Å². The predicted molar refractivity (Wildman–Crippen MR) is 121 cm³/mol. The molecule has 0 radical (unpaired) electrons. The molecule has 4 aromatic rings. The fraction of sp³-hybridized carbons (Fsp3) is 0.280. The number of benzene rings is 2. The van der Waals surface area contributed by atoms with Crippen molar-refractivity contribution >= 4 is 5.91 Å². The number of hydrogen-bond donors (Lipinski definition) is 0. The Morgan fingerprint density at radius 2 is 1.91 bits per heavy atom. The van der Waals surface area contributed by atoms with Crippen LogP contribution in [-0.4, -0.2) is 43.8 Å². The van der Waals surface area contributed by atoms with Gasteiger partial charge >= 0.3 is 0 Å². The number of likely N-dealkylation sites (tertiary alicyclic amines) is 1. The van der Waals surface area contributed by atoms with Crippen molar-refractivity contribution in [2.24, 2.45) is 0 Å². The van der Waals surface area contributed by atoms with Gasteiger partial charge in [-0.3, -0.25) is 4.79 Å². The maximum Gasteiger partial charge on any atom is 0.276 e. The highest BCUT2D eigenvalue weighted by atomic mass is 16.5. The maximum absolute atomic E-state index is 13.0. The topological polar surface area (TPSA) is 86.3 Å². The first kappa shape index (κ1) is 20.9. The maximum atomic E-state index is 13.0. The van der Waals surface area contributed by atoms with Crippen molar-refractivity contribution in [3.63, 3.8) is 0 Å². The van der Waals surface area contributed by atoms with Crippen molar-refractivity contribution < 1.29 is 14.1 Å². The molecule has 2 aromatic heterocycles. The number of amides is 1. The standard InChI is InChI=1S/C25H25N5O3/c31-25(29-13-4-7-20(12-14-29)19-5-2-1-3-6-19)24-15-23(33-28-24)16-32-22-10-8-21(9-11-22)30-18-26-17-27-30/h1-3,5-6,8-11,15,17-18,20H,4,7,12-14,16H2/t20-/m1/s1. The molecule has 1 saturated heterocycles. The average Bonchev–Trinajstić information content (AvgIpc) is 3.51. The molecular formula is C25H25N5O3. The number of carbonyl (C=O) groups excluding carboxylic acids is 1. The molecule has 0 aliphatic carbocycles. The monoisotopic (exact) mass is 443 g/mol. The van der Waals surface area contributed by atoms with Gasteiger partial charge in [-0.25, -0.2) is 9.67 Å². The highest BCUT2D eigenvalue weighted by Crippen LogP contribution is 2.28. The van der Waals surface area contributed by atoms with Gasteiger partial charge in [0.2, 0.25) is 0 Å². The number of hydrogen-bond acceptors (Lipinski definition) is 6. The van der Waals surface area contributed by atoms with Gasteiger partial charge in [0, 0.05) is 19.2 Å². The van der Waals surface area contributed by atoms with Crippen LogP contribution < -0.4 is 4.74 Å². The van der Waals surface area contributed by atoms with Crippen LogP contribution >= 0.6 is 0 Å². The Morgan fingerprint density at radius 3 is 2.70 bits per heavy atom. The molecule has 0 unspecified atom stereocenters. The van der Waals surface area contributed by atoms with Gasteiger partial charge < -0.3 is 14.2 Å². The molecule has 1 fully saturated rings. The number of aromatic nitrogens is 4. The van der Waals surface area contributed by atoms with Crippen molar-refractivity contribution in [1.82, 2.24) is 24.8 Å². The van der Waals surface area contributed by atoms with Gasteiger partial charge in [-0.15, -0.1) is 0 Å². The lowest BCUT2D eigenvalue weighted by atomic mass is 9.92. The molecule has 8 nitrogen and oxygen atoms in total. The summed E-state index contributed by atoms with van der Waals surface area (Å²) in [4.78, 5) is 18.8. The van der Waals surface area contributed by atoms with E-state index in [1.165, 1.54) is 11.9 Å². The Morgan fingerprint density at radius 1 is 1.06 bits per heavy atom. The molecular weight excluding hydrogens is 418 g/mol. The van der Waals surface area contributed by atoms with Crippen molar-refractivity contribution in [2.75, 3.05) is 13.1 Å². The number of nitrogens with zero attached hydrogens (tertiary/aromatic N) is 5. The minimum Gasteiger partial charge on any atom is -0.486 e. The zero-order valence-corrected chi connectivity index (χ0v) is 18.2. The normalized spacial score (nSPS) is 16.4. The fourth-order valence-electron chi connectivity index (χ4n) is 4.19. The minimum atomic E-state index is -0.0871. The molecule has 5 rings (SSSR count). The molecule has 168 valence electrons. The third-order valence-electron chi connectivity index (χ3n) is 5.97. The molecule has 1 atom stereocenters. The van der Waals surface area contributed by atoms with Gasteiger partial charge in [0.1, 0.15) is 25.0 Å². The molecule has 33 heavy (non-hydrogen) atoms. The molecule has 2 aromatic carbocycles. The molecule has 1 aliphatic rings. The van der Waals surface area contributed by atoms with E-state index in [9.17, 15) is 4.79 Å². The van der Waals surface area contributed by atoms with Crippen LogP contribution in [0.15, 0.2) is 77.8 Å². The minimum absolute atomic E-state index is 0.0871. The largest absolute Gasteiger partial charge is 0.486 e. The lowest BCUT2D eigenvalue weighted by Gasteiger charge is -2.19. The van der Waals surface area contributed by atoms with E-state index in [4.69, 9.17) is 9.26 Å². The summed E-state index contributed by atoms with van der Waals surface area (Å²) >= 11 is 0. The van der Waals surface area contributed by atoms with Gasteiger partial charge in [0.05, 0.1) is 5.69 Å². The van der Waals surface area contributed by atoms with E-state index in [2.05, 4.69) is 39.5 Å². The molecule has 0 saturated carbocycles. The van der Waals surface area contributed by atoms with Crippen molar-refractivity contribution in [3.05, 3.63) is 90.3 Å². The highest BCUT2D eigenvalue weighted by molar-refractivity contribution is 5.92. The average molecular weight is 444 g/mol. The van der Waals surface area contributed by atoms with Crippen LogP contribution in [0.5, 0.6) is 5.75 Å². The van der Waals surface area contributed by atoms with Crippen LogP contribution in [0.25, 0.3) is 5.69 Å². The van der Waals surface area contributed by atoms with Crippen LogP contribution in [0.2, 0.25) is 0 Å². The fourth-order valence-corrected chi connectivity index (χ4v) is 4.19. The second kappa shape index (κ2) is 9.68. The molecule has 0 spiro atoms. The Labute approximate surface area is 191 Å². The zero-order chi connectivity index (χ0) is 22.5. The van der Waals surface area contributed by atoms with Gasteiger partial charge in [0.15, 0.2) is 11.5 Å². The molecule has 1 aliphatic heterocycles. The number of rotatable bonds is 6. The van der Waals surface area contributed by atoms with Crippen LogP contribution in [0.3, 0.4) is 0 Å². The summed E-state index contributed by atoms with van der Waals surface area (Å²) < 4.78 is 12.8. The molecule has 1 amide bonds. The highest BCUT2D eigenvalue weighted by Gasteiger charge is 2.24. The number of ether oxygens (including phenoxy) is 1. The summed E-state index contributed by atoms with van der Waals surface area (Å²) in [7, 11) is 0. The Hall–Kier alpha value is -3.94. The molecule has 0 N–H and O–H groups in total. The first-order valence-corrected chi connectivity index (χ1v) is 11.1. The number of carbonyl (C=O) groups is 1.